The number of amides is 2. The topological polar surface area (TPSA) is 141 Å². The maximum Gasteiger partial charge on any atom is 0.243 e. The van der Waals surface area contributed by atoms with E-state index in [2.05, 4.69) is 9.97 Å². The monoisotopic (exact) mass is 748 g/mol. The molecule has 6 rings (SSSR count). The molecular weight excluding hydrogens is 701 g/mol. The largest absolute Gasteiger partial charge is 0.341 e. The van der Waals surface area contributed by atoms with Crippen LogP contribution in [0.25, 0.3) is 21.5 Å². The van der Waals surface area contributed by atoms with E-state index in [1.165, 1.54) is 8.61 Å². The summed E-state index contributed by atoms with van der Waals surface area (Å²) in [6.07, 6.45) is 14.0. The molecule has 0 bridgehead atoms. The smallest absolute Gasteiger partial charge is 0.243 e. The van der Waals surface area contributed by atoms with Crippen LogP contribution in [0, 0.1) is 0 Å². The van der Waals surface area contributed by atoms with Gasteiger partial charge < -0.3 is 9.80 Å². The number of sulfonamides is 2. The van der Waals surface area contributed by atoms with Gasteiger partial charge in [0.05, 0.1) is 9.79 Å². The van der Waals surface area contributed by atoms with E-state index < -0.39 is 20.0 Å². The molecule has 278 valence electrons. The number of hydrogen-bond donors (Lipinski definition) is 0. The Bertz CT molecular complexity index is 1930. The van der Waals surface area contributed by atoms with E-state index in [9.17, 15) is 26.4 Å². The number of pyridine rings is 2. The molecule has 2 aliphatic heterocycles. The first-order valence-electron chi connectivity index (χ1n) is 18.4. The van der Waals surface area contributed by atoms with Crippen LogP contribution < -0.4 is 0 Å². The van der Waals surface area contributed by atoms with Gasteiger partial charge in [-0.2, -0.15) is 8.61 Å². The first-order valence-corrected chi connectivity index (χ1v) is 21.3. The van der Waals surface area contributed by atoms with Crippen molar-refractivity contribution < 1.29 is 26.4 Å². The molecule has 2 aromatic heterocycles. The van der Waals surface area contributed by atoms with Gasteiger partial charge in [0, 0.05) is 112 Å². The highest BCUT2D eigenvalue weighted by Crippen LogP contribution is 2.28. The Labute approximate surface area is 306 Å². The van der Waals surface area contributed by atoms with Gasteiger partial charge in [0.15, 0.2) is 0 Å². The standard InChI is InChI=1S/C38H48N6O6S2/c45-37(41-21-9-23-43(27-25-41)51(47,48)35-13-7-11-31-29-39-19-17-33(31)35)15-5-3-1-2-4-6-16-38(46)42-22-10-24-44(28-26-42)52(49,50)36-14-8-12-32-30-40-20-18-34(32)36/h7-8,11-14,17-20,29-30H,1-6,9-10,15-16,21-28H2. The van der Waals surface area contributed by atoms with Crippen LogP contribution in [0.1, 0.15) is 64.2 Å². The van der Waals surface area contributed by atoms with Crippen molar-refractivity contribution in [2.45, 2.75) is 74.0 Å². The molecule has 2 aliphatic rings. The summed E-state index contributed by atoms with van der Waals surface area (Å²) in [5.74, 6) is 0.138. The Balaban J connectivity index is 0.863. The number of rotatable bonds is 13. The number of nitrogens with zero attached hydrogens (tertiary/aromatic N) is 6. The molecule has 2 saturated heterocycles. The van der Waals surface area contributed by atoms with Gasteiger partial charge in [-0.25, -0.2) is 16.8 Å². The third-order valence-electron chi connectivity index (χ3n) is 10.2. The normalized spacial score (nSPS) is 16.9. The van der Waals surface area contributed by atoms with Gasteiger partial charge >= 0.3 is 0 Å². The zero-order valence-corrected chi connectivity index (χ0v) is 31.2. The van der Waals surface area contributed by atoms with Crippen LogP contribution >= 0.6 is 0 Å². The van der Waals surface area contributed by atoms with E-state index in [-0.39, 0.29) is 34.7 Å². The summed E-state index contributed by atoms with van der Waals surface area (Å²) in [6.45, 7) is 3.14. The number of fused-ring (bicyclic) bond motifs is 2. The summed E-state index contributed by atoms with van der Waals surface area (Å²) in [6, 6.07) is 13.9. The predicted molar refractivity (Wildman–Crippen MR) is 200 cm³/mol. The zero-order chi connectivity index (χ0) is 36.6. The van der Waals surface area contributed by atoms with Crippen molar-refractivity contribution >= 4 is 53.4 Å². The lowest BCUT2D eigenvalue weighted by Crippen LogP contribution is -2.37. The van der Waals surface area contributed by atoms with Crippen LogP contribution in [0.3, 0.4) is 0 Å². The minimum Gasteiger partial charge on any atom is -0.341 e. The van der Waals surface area contributed by atoms with Crippen molar-refractivity contribution in [2.24, 2.45) is 0 Å². The third kappa shape index (κ3) is 8.79. The maximum absolute atomic E-state index is 13.6. The summed E-state index contributed by atoms with van der Waals surface area (Å²) >= 11 is 0. The van der Waals surface area contributed by atoms with E-state index in [1.54, 1.807) is 71.0 Å². The molecular formula is C38H48N6O6S2. The first-order chi connectivity index (χ1) is 25.2. The highest BCUT2D eigenvalue weighted by Gasteiger charge is 2.31. The van der Waals surface area contributed by atoms with Crippen LogP contribution in [0.4, 0.5) is 0 Å². The van der Waals surface area contributed by atoms with E-state index in [1.807, 2.05) is 12.1 Å². The molecule has 0 radical (unpaired) electrons. The fourth-order valence-corrected chi connectivity index (χ4v) is 10.6. The van der Waals surface area contributed by atoms with Crippen molar-refractivity contribution in [2.75, 3.05) is 52.4 Å². The molecule has 14 heteroatoms. The van der Waals surface area contributed by atoms with E-state index in [4.69, 9.17) is 0 Å². The average Bonchev–Trinajstić information content (AvgIpc) is 3.58. The second-order valence-electron chi connectivity index (χ2n) is 13.6. The van der Waals surface area contributed by atoms with Crippen LogP contribution in [0.5, 0.6) is 0 Å². The SMILES string of the molecule is O=C(CCCCCCCCC(=O)N1CCCN(S(=O)(=O)c2cccc3cnccc23)CC1)N1CCCN(S(=O)(=O)c2cccc3cnccc23)CC1. The average molecular weight is 749 g/mol. The highest BCUT2D eigenvalue weighted by atomic mass is 32.2. The summed E-state index contributed by atoms with van der Waals surface area (Å²) in [7, 11) is -7.42. The Kier molecular flexibility index (Phi) is 12.5. The highest BCUT2D eigenvalue weighted by molar-refractivity contribution is 7.89. The fraction of sp³-hybridized carbons (Fsp3) is 0.474. The number of benzene rings is 2. The van der Waals surface area contributed by atoms with Crippen LogP contribution in [-0.4, -0.2) is 109 Å². The van der Waals surface area contributed by atoms with Gasteiger partial charge in [-0.3, -0.25) is 19.6 Å². The molecule has 0 spiro atoms. The lowest BCUT2D eigenvalue weighted by Gasteiger charge is -2.22. The molecule has 0 saturated carbocycles. The minimum atomic E-state index is -3.71. The lowest BCUT2D eigenvalue weighted by molar-refractivity contribution is -0.132. The lowest BCUT2D eigenvalue weighted by atomic mass is 10.1. The number of hydrogen-bond acceptors (Lipinski definition) is 8. The van der Waals surface area contributed by atoms with Gasteiger partial charge in [0.25, 0.3) is 0 Å². The van der Waals surface area contributed by atoms with Crippen LogP contribution in [-0.2, 0) is 29.6 Å². The molecule has 2 amide bonds. The number of carbonyl (C=O) groups excluding carboxylic acids is 2. The Morgan fingerprint density at radius 2 is 0.942 bits per heavy atom. The van der Waals surface area contributed by atoms with Crippen LogP contribution in [0.15, 0.2) is 83.1 Å². The molecule has 0 unspecified atom stereocenters. The molecule has 0 N–H and O–H groups in total. The molecule has 2 fully saturated rings. The van der Waals surface area contributed by atoms with Crippen molar-refractivity contribution in [1.29, 1.82) is 0 Å². The maximum atomic E-state index is 13.6. The summed E-state index contributed by atoms with van der Waals surface area (Å²) in [5, 5.41) is 2.85. The molecule has 4 heterocycles. The molecule has 0 atom stereocenters. The predicted octanol–water partition coefficient (Wildman–Crippen LogP) is 5.05. The van der Waals surface area contributed by atoms with Gasteiger partial charge in [-0.05, 0) is 49.9 Å². The van der Waals surface area contributed by atoms with E-state index in [0.717, 1.165) is 49.3 Å². The van der Waals surface area contributed by atoms with Gasteiger partial charge in [-0.1, -0.05) is 49.9 Å². The van der Waals surface area contributed by atoms with Gasteiger partial charge in [-0.15, -0.1) is 0 Å². The third-order valence-corrected chi connectivity index (χ3v) is 14.1. The Morgan fingerprint density at radius 1 is 0.519 bits per heavy atom. The summed E-state index contributed by atoms with van der Waals surface area (Å²) in [5.41, 5.74) is 0. The van der Waals surface area contributed by atoms with E-state index >= 15 is 0 Å². The fourth-order valence-electron chi connectivity index (χ4n) is 7.26. The van der Waals surface area contributed by atoms with Crippen molar-refractivity contribution in [3.8, 4) is 0 Å². The van der Waals surface area contributed by atoms with Gasteiger partial charge in [0.2, 0.25) is 31.9 Å². The second kappa shape index (κ2) is 17.2. The first kappa shape index (κ1) is 37.8. The summed E-state index contributed by atoms with van der Waals surface area (Å²) < 4.78 is 57.2. The molecule has 12 nitrogen and oxygen atoms in total. The molecule has 52 heavy (non-hydrogen) atoms. The zero-order valence-electron chi connectivity index (χ0n) is 29.6. The number of unbranched alkanes of at least 4 members (excludes halogenated alkanes) is 5. The Morgan fingerprint density at radius 3 is 1.38 bits per heavy atom. The quantitative estimate of drug-likeness (QED) is 0.173. The second-order valence-corrected chi connectivity index (χ2v) is 17.4. The minimum absolute atomic E-state index is 0.0688. The van der Waals surface area contributed by atoms with Crippen molar-refractivity contribution in [3.63, 3.8) is 0 Å². The number of aromatic nitrogens is 2. The van der Waals surface area contributed by atoms with Crippen LogP contribution in [0.2, 0.25) is 0 Å². The summed E-state index contributed by atoms with van der Waals surface area (Å²) in [4.78, 5) is 38.4. The molecule has 4 aromatic rings. The molecule has 2 aromatic carbocycles. The van der Waals surface area contributed by atoms with Crippen molar-refractivity contribution in [1.82, 2.24) is 28.4 Å². The Hall–Kier alpha value is -3.98. The number of carbonyl (C=O) groups is 2. The molecule has 0 aliphatic carbocycles. The van der Waals surface area contributed by atoms with Crippen molar-refractivity contribution in [3.05, 3.63) is 73.3 Å². The van der Waals surface area contributed by atoms with Gasteiger partial charge in [0.1, 0.15) is 0 Å². The van der Waals surface area contributed by atoms with E-state index in [0.29, 0.717) is 75.7 Å².